The lowest BCUT2D eigenvalue weighted by atomic mass is 10.0. The van der Waals surface area contributed by atoms with Crippen molar-refractivity contribution in [3.8, 4) is 5.75 Å². The van der Waals surface area contributed by atoms with E-state index in [1.165, 1.54) is 0 Å². The summed E-state index contributed by atoms with van der Waals surface area (Å²) < 4.78 is 28.7. The molecule has 6 nitrogen and oxygen atoms in total. The van der Waals surface area contributed by atoms with Crippen molar-refractivity contribution in [3.05, 3.63) is 54.6 Å². The monoisotopic (exact) mass is 374 g/mol. The fraction of sp³-hybridized carbons (Fsp3) is 0.316. The molecule has 0 spiro atoms. The molecule has 1 aliphatic rings. The summed E-state index contributed by atoms with van der Waals surface area (Å²) in [5.74, 6) is 0.339. The molecule has 1 saturated heterocycles. The minimum Gasteiger partial charge on any atom is -0.484 e. The molecule has 7 heteroatoms. The number of benzene rings is 2. The van der Waals surface area contributed by atoms with E-state index in [-0.39, 0.29) is 24.0 Å². The zero-order valence-corrected chi connectivity index (χ0v) is 15.4. The first-order valence-electron chi connectivity index (χ1n) is 8.40. The third kappa shape index (κ3) is 4.98. The number of sulfone groups is 1. The summed E-state index contributed by atoms with van der Waals surface area (Å²) in [5, 5.41) is 6.03. The number of hydrogen-bond donors (Lipinski definition) is 2. The first-order valence-corrected chi connectivity index (χ1v) is 10.2. The molecule has 138 valence electrons. The molecule has 0 saturated carbocycles. The third-order valence-electron chi connectivity index (χ3n) is 4.23. The van der Waals surface area contributed by atoms with Gasteiger partial charge in [-0.25, -0.2) is 8.42 Å². The second-order valence-corrected chi connectivity index (χ2v) is 8.94. The molecule has 0 bridgehead atoms. The first-order chi connectivity index (χ1) is 12.3. The molecule has 2 aromatic carbocycles. The fourth-order valence-corrected chi connectivity index (χ4v) is 5.05. The topological polar surface area (TPSA) is 84.5 Å². The lowest BCUT2D eigenvalue weighted by molar-refractivity contribution is -0.124. The SMILES string of the molecule is CC1(NC(=O)COc2ccc(Nc3ccccc3)cc2)CCS(=O)(=O)C1. The summed E-state index contributed by atoms with van der Waals surface area (Å²) in [4.78, 5) is 12.1. The maximum absolute atomic E-state index is 12.1. The maximum Gasteiger partial charge on any atom is 0.258 e. The second-order valence-electron chi connectivity index (χ2n) is 6.75. The van der Waals surface area contributed by atoms with Crippen molar-refractivity contribution >= 4 is 27.1 Å². The van der Waals surface area contributed by atoms with E-state index in [1.54, 1.807) is 19.1 Å². The third-order valence-corrected chi connectivity index (χ3v) is 6.13. The summed E-state index contributed by atoms with van der Waals surface area (Å²) in [7, 11) is -3.06. The van der Waals surface area contributed by atoms with Crippen LogP contribution in [0.2, 0.25) is 0 Å². The van der Waals surface area contributed by atoms with E-state index in [9.17, 15) is 13.2 Å². The molecule has 1 fully saturated rings. The summed E-state index contributed by atoms with van der Waals surface area (Å²) in [6.45, 7) is 1.60. The van der Waals surface area contributed by atoms with Gasteiger partial charge in [0.05, 0.1) is 17.0 Å². The van der Waals surface area contributed by atoms with Crippen LogP contribution in [0.15, 0.2) is 54.6 Å². The number of nitrogens with one attached hydrogen (secondary N) is 2. The second kappa shape index (κ2) is 7.37. The number of carbonyl (C=O) groups is 1. The predicted molar refractivity (Wildman–Crippen MR) is 101 cm³/mol. The van der Waals surface area contributed by atoms with Crippen molar-refractivity contribution < 1.29 is 17.9 Å². The van der Waals surface area contributed by atoms with Crippen LogP contribution >= 0.6 is 0 Å². The zero-order valence-electron chi connectivity index (χ0n) is 14.6. The van der Waals surface area contributed by atoms with Crippen LogP contribution in [0, 0.1) is 0 Å². The van der Waals surface area contributed by atoms with Gasteiger partial charge >= 0.3 is 0 Å². The minimum absolute atomic E-state index is 0.0222. The molecule has 3 rings (SSSR count). The highest BCUT2D eigenvalue weighted by atomic mass is 32.2. The van der Waals surface area contributed by atoms with Gasteiger partial charge in [-0.15, -0.1) is 0 Å². The molecule has 26 heavy (non-hydrogen) atoms. The minimum atomic E-state index is -3.06. The van der Waals surface area contributed by atoms with Gasteiger partial charge in [-0.2, -0.15) is 0 Å². The highest BCUT2D eigenvalue weighted by Crippen LogP contribution is 2.23. The molecule has 1 amide bonds. The van der Waals surface area contributed by atoms with Gasteiger partial charge < -0.3 is 15.4 Å². The largest absolute Gasteiger partial charge is 0.484 e. The van der Waals surface area contributed by atoms with Crippen LogP contribution < -0.4 is 15.4 Å². The number of carbonyl (C=O) groups excluding carboxylic acids is 1. The van der Waals surface area contributed by atoms with Crippen LogP contribution in [0.4, 0.5) is 11.4 Å². The van der Waals surface area contributed by atoms with Crippen LogP contribution in [0.25, 0.3) is 0 Å². The van der Waals surface area contributed by atoms with Gasteiger partial charge in [0.1, 0.15) is 5.75 Å². The van der Waals surface area contributed by atoms with Crippen molar-refractivity contribution in [2.45, 2.75) is 18.9 Å². The lowest BCUT2D eigenvalue weighted by Gasteiger charge is -2.23. The molecule has 1 unspecified atom stereocenters. The van der Waals surface area contributed by atoms with Crippen molar-refractivity contribution in [2.24, 2.45) is 0 Å². The summed E-state index contributed by atoms with van der Waals surface area (Å²) in [6, 6.07) is 17.1. The normalized spacial score (nSPS) is 21.1. The van der Waals surface area contributed by atoms with Crippen LogP contribution in [-0.4, -0.2) is 38.0 Å². The highest BCUT2D eigenvalue weighted by molar-refractivity contribution is 7.91. The Kier molecular flexibility index (Phi) is 5.18. The summed E-state index contributed by atoms with van der Waals surface area (Å²) in [6.07, 6.45) is 0.431. The average molecular weight is 374 g/mol. The molecule has 1 heterocycles. The summed E-state index contributed by atoms with van der Waals surface area (Å²) in [5.41, 5.74) is 1.19. The lowest BCUT2D eigenvalue weighted by Crippen LogP contribution is -2.48. The number of para-hydroxylation sites is 1. The van der Waals surface area contributed by atoms with Crippen LogP contribution in [0.3, 0.4) is 0 Å². The Bertz CT molecular complexity index is 866. The van der Waals surface area contributed by atoms with E-state index >= 15 is 0 Å². The Labute approximate surface area is 153 Å². The average Bonchev–Trinajstić information content (AvgIpc) is 2.88. The quantitative estimate of drug-likeness (QED) is 0.812. The van der Waals surface area contributed by atoms with Gasteiger partial charge in [-0.1, -0.05) is 18.2 Å². The standard InChI is InChI=1S/C19H22N2O4S/c1-19(11-12-26(23,24)14-19)21-18(22)13-25-17-9-7-16(8-10-17)20-15-5-3-2-4-6-15/h2-10,20H,11-14H2,1H3,(H,21,22). The van der Waals surface area contributed by atoms with Gasteiger partial charge in [0.15, 0.2) is 16.4 Å². The molecule has 0 radical (unpaired) electrons. The van der Waals surface area contributed by atoms with E-state index in [0.717, 1.165) is 11.4 Å². The Hall–Kier alpha value is -2.54. The molecule has 1 atom stereocenters. The molecule has 0 aliphatic carbocycles. The van der Waals surface area contributed by atoms with Gasteiger partial charge in [0.2, 0.25) is 0 Å². The predicted octanol–water partition coefficient (Wildman–Crippen LogP) is 2.50. The van der Waals surface area contributed by atoms with E-state index in [2.05, 4.69) is 10.6 Å². The molecular formula is C19H22N2O4S. The molecular weight excluding hydrogens is 352 g/mol. The first kappa shape index (κ1) is 18.3. The number of rotatable bonds is 6. The van der Waals surface area contributed by atoms with Crippen molar-refractivity contribution in [2.75, 3.05) is 23.4 Å². The zero-order chi connectivity index (χ0) is 18.6. The molecule has 2 N–H and O–H groups in total. The number of ether oxygens (including phenoxy) is 1. The van der Waals surface area contributed by atoms with Gasteiger partial charge in [-0.3, -0.25) is 4.79 Å². The van der Waals surface area contributed by atoms with Crippen LogP contribution in [-0.2, 0) is 14.6 Å². The number of anilines is 2. The van der Waals surface area contributed by atoms with Crippen LogP contribution in [0.5, 0.6) is 5.75 Å². The molecule has 0 aromatic heterocycles. The smallest absolute Gasteiger partial charge is 0.258 e. The highest BCUT2D eigenvalue weighted by Gasteiger charge is 2.39. The summed E-state index contributed by atoms with van der Waals surface area (Å²) >= 11 is 0. The Morgan fingerprint density at radius 3 is 2.35 bits per heavy atom. The van der Waals surface area contributed by atoms with Crippen molar-refractivity contribution in [3.63, 3.8) is 0 Å². The Balaban J connectivity index is 1.49. The number of amides is 1. The van der Waals surface area contributed by atoms with E-state index in [1.807, 2.05) is 42.5 Å². The molecule has 1 aliphatic heterocycles. The van der Waals surface area contributed by atoms with Crippen molar-refractivity contribution in [1.82, 2.24) is 5.32 Å². The van der Waals surface area contributed by atoms with E-state index < -0.39 is 15.4 Å². The molecule has 2 aromatic rings. The van der Waals surface area contributed by atoms with E-state index in [4.69, 9.17) is 4.74 Å². The fourth-order valence-electron chi connectivity index (χ4n) is 2.95. The van der Waals surface area contributed by atoms with Gasteiger partial charge in [-0.05, 0) is 49.7 Å². The Morgan fingerprint density at radius 1 is 1.08 bits per heavy atom. The van der Waals surface area contributed by atoms with E-state index in [0.29, 0.717) is 12.2 Å². The van der Waals surface area contributed by atoms with Crippen molar-refractivity contribution in [1.29, 1.82) is 0 Å². The number of hydrogen-bond acceptors (Lipinski definition) is 5. The Morgan fingerprint density at radius 2 is 1.73 bits per heavy atom. The van der Waals surface area contributed by atoms with Gasteiger partial charge in [0.25, 0.3) is 5.91 Å². The maximum atomic E-state index is 12.1. The van der Waals surface area contributed by atoms with Gasteiger partial charge in [0, 0.05) is 11.4 Å². The van der Waals surface area contributed by atoms with Crippen LogP contribution in [0.1, 0.15) is 13.3 Å².